The van der Waals surface area contributed by atoms with Crippen molar-refractivity contribution in [2.45, 2.75) is 51.0 Å². The quantitative estimate of drug-likeness (QED) is 0.433. The number of aryl methyl sites for hydroxylation is 1. The van der Waals surface area contributed by atoms with Crippen LogP contribution >= 0.6 is 11.6 Å². The summed E-state index contributed by atoms with van der Waals surface area (Å²) in [5.74, 6) is -0.428. The van der Waals surface area contributed by atoms with Gasteiger partial charge in [-0.15, -0.1) is 0 Å². The van der Waals surface area contributed by atoms with Crippen molar-refractivity contribution in [1.29, 1.82) is 0 Å². The number of amides is 1. The number of carbonyl (C=O) groups is 1. The van der Waals surface area contributed by atoms with Crippen LogP contribution < -0.4 is 9.62 Å². The lowest BCUT2D eigenvalue weighted by molar-refractivity contribution is -0.120. The van der Waals surface area contributed by atoms with Crippen molar-refractivity contribution in [3.05, 3.63) is 94.5 Å². The molecule has 0 heterocycles. The van der Waals surface area contributed by atoms with E-state index in [1.54, 1.807) is 36.4 Å². The summed E-state index contributed by atoms with van der Waals surface area (Å²) in [6.07, 6.45) is 0. The monoisotopic (exact) mass is 498 g/mol. The van der Waals surface area contributed by atoms with E-state index in [0.29, 0.717) is 0 Å². The number of hydrogen-bond donors (Lipinski definition) is 1. The van der Waals surface area contributed by atoms with Gasteiger partial charge in [0.1, 0.15) is 6.54 Å². The second-order valence-corrected chi connectivity index (χ2v) is 11.7. The van der Waals surface area contributed by atoms with Crippen LogP contribution in [0, 0.1) is 6.92 Å². The van der Waals surface area contributed by atoms with E-state index >= 15 is 0 Å². The van der Waals surface area contributed by atoms with Gasteiger partial charge >= 0.3 is 0 Å². The lowest BCUT2D eigenvalue weighted by Gasteiger charge is -2.26. The highest BCUT2D eigenvalue weighted by atomic mass is 35.5. The molecule has 0 spiro atoms. The number of carbonyl (C=O) groups excluding carboxylic acids is 1. The number of nitrogens with one attached hydrogen (secondary N) is 1. The lowest BCUT2D eigenvalue weighted by Crippen LogP contribution is -2.41. The summed E-state index contributed by atoms with van der Waals surface area (Å²) in [4.78, 5) is 13.1. The Balaban J connectivity index is 1.86. The molecule has 0 bridgehead atoms. The molecule has 3 aromatic rings. The van der Waals surface area contributed by atoms with Crippen molar-refractivity contribution in [3.8, 4) is 0 Å². The predicted octanol–water partition coefficient (Wildman–Crippen LogP) is 6.02. The van der Waals surface area contributed by atoms with E-state index in [9.17, 15) is 13.2 Å². The highest BCUT2D eigenvalue weighted by molar-refractivity contribution is 7.92. The van der Waals surface area contributed by atoms with Gasteiger partial charge in [-0.2, -0.15) is 0 Å². The molecule has 0 aliphatic carbocycles. The van der Waals surface area contributed by atoms with Gasteiger partial charge in [0.05, 0.1) is 21.6 Å². The Hall–Kier alpha value is -2.83. The van der Waals surface area contributed by atoms with Gasteiger partial charge in [-0.1, -0.05) is 86.5 Å². The Morgan fingerprint density at radius 2 is 1.56 bits per heavy atom. The number of sulfonamides is 1. The van der Waals surface area contributed by atoms with Crippen LogP contribution in [0.25, 0.3) is 0 Å². The number of para-hydroxylation sites is 1. The maximum Gasteiger partial charge on any atom is 0.264 e. The van der Waals surface area contributed by atoms with Crippen LogP contribution in [0.2, 0.25) is 5.02 Å². The van der Waals surface area contributed by atoms with Crippen LogP contribution in [0.5, 0.6) is 0 Å². The van der Waals surface area contributed by atoms with Gasteiger partial charge in [0.25, 0.3) is 10.0 Å². The third-order valence-electron chi connectivity index (χ3n) is 5.67. The maximum absolute atomic E-state index is 13.5. The summed E-state index contributed by atoms with van der Waals surface area (Å²) in [6, 6.07) is 20.9. The van der Waals surface area contributed by atoms with Crippen molar-refractivity contribution in [2.24, 2.45) is 0 Å². The summed E-state index contributed by atoms with van der Waals surface area (Å²) >= 11 is 6.34. The minimum Gasteiger partial charge on any atom is -0.348 e. The number of nitrogens with zero attached hydrogens (tertiary/aromatic N) is 1. The van der Waals surface area contributed by atoms with Crippen molar-refractivity contribution in [2.75, 3.05) is 10.8 Å². The molecule has 3 aromatic carbocycles. The molecule has 5 nitrogen and oxygen atoms in total. The van der Waals surface area contributed by atoms with E-state index in [1.165, 1.54) is 17.7 Å². The lowest BCUT2D eigenvalue weighted by atomic mass is 9.86. The molecule has 3 rings (SSSR count). The first-order valence-electron chi connectivity index (χ1n) is 11.1. The van der Waals surface area contributed by atoms with Crippen LogP contribution in [0.1, 0.15) is 50.4 Å². The van der Waals surface area contributed by atoms with E-state index in [-0.39, 0.29) is 27.1 Å². The standard InChI is InChI=1S/C27H31ClN2O3S/c1-19-10-16-23(17-11-19)34(32,33)30(25-9-7-6-8-24(25)28)18-26(31)29-20(2)21-12-14-22(15-13-21)27(3,4)5/h6-17,20H,18H2,1-5H3,(H,29,31)/t20-/m0/s1. The van der Waals surface area contributed by atoms with Gasteiger partial charge in [0, 0.05) is 0 Å². The number of anilines is 1. The second-order valence-electron chi connectivity index (χ2n) is 9.44. The molecule has 0 fully saturated rings. The number of benzene rings is 3. The number of hydrogen-bond acceptors (Lipinski definition) is 3. The highest BCUT2D eigenvalue weighted by Crippen LogP contribution is 2.30. The zero-order chi connectivity index (χ0) is 25.1. The van der Waals surface area contributed by atoms with Crippen molar-refractivity contribution >= 4 is 33.2 Å². The third kappa shape index (κ3) is 5.99. The Morgan fingerprint density at radius 1 is 0.971 bits per heavy atom. The largest absolute Gasteiger partial charge is 0.348 e. The van der Waals surface area contributed by atoms with Crippen molar-refractivity contribution in [3.63, 3.8) is 0 Å². The average molecular weight is 499 g/mol. The topological polar surface area (TPSA) is 66.5 Å². The molecular formula is C27H31ClN2O3S. The Bertz CT molecular complexity index is 1250. The summed E-state index contributed by atoms with van der Waals surface area (Å²) in [5.41, 5.74) is 3.36. The molecule has 0 aromatic heterocycles. The molecule has 0 saturated heterocycles. The van der Waals surface area contributed by atoms with Crippen LogP contribution in [-0.2, 0) is 20.2 Å². The molecule has 7 heteroatoms. The third-order valence-corrected chi connectivity index (χ3v) is 7.77. The van der Waals surface area contributed by atoms with Gasteiger partial charge in [-0.25, -0.2) is 8.42 Å². The summed E-state index contributed by atoms with van der Waals surface area (Å²) < 4.78 is 28.1. The summed E-state index contributed by atoms with van der Waals surface area (Å²) in [7, 11) is -4.02. The molecule has 0 saturated carbocycles. The Labute approximate surface area is 207 Å². The molecule has 34 heavy (non-hydrogen) atoms. The number of rotatable bonds is 7. The predicted molar refractivity (Wildman–Crippen MR) is 139 cm³/mol. The molecule has 1 atom stereocenters. The van der Waals surface area contributed by atoms with Crippen molar-refractivity contribution in [1.82, 2.24) is 5.32 Å². The van der Waals surface area contributed by atoms with E-state index in [4.69, 9.17) is 11.6 Å². The van der Waals surface area contributed by atoms with Gasteiger partial charge in [-0.05, 0) is 54.7 Å². The fourth-order valence-electron chi connectivity index (χ4n) is 3.56. The first kappa shape index (κ1) is 25.8. The normalized spacial score (nSPS) is 12.8. The molecule has 1 amide bonds. The van der Waals surface area contributed by atoms with E-state index in [2.05, 4.69) is 38.2 Å². The van der Waals surface area contributed by atoms with Crippen molar-refractivity contribution < 1.29 is 13.2 Å². The molecule has 180 valence electrons. The zero-order valence-corrected chi connectivity index (χ0v) is 21.7. The van der Waals surface area contributed by atoms with Gasteiger partial charge in [0.15, 0.2) is 0 Å². The van der Waals surface area contributed by atoms with E-state index in [1.807, 2.05) is 26.0 Å². The maximum atomic E-state index is 13.5. The van der Waals surface area contributed by atoms with E-state index in [0.717, 1.165) is 15.4 Å². The fourth-order valence-corrected chi connectivity index (χ4v) is 5.29. The SMILES string of the molecule is Cc1ccc(S(=O)(=O)N(CC(=O)N[C@@H](C)c2ccc(C(C)(C)C)cc2)c2ccccc2Cl)cc1. The van der Waals surface area contributed by atoms with E-state index < -0.39 is 22.5 Å². The van der Waals surface area contributed by atoms with Crippen LogP contribution in [0.3, 0.4) is 0 Å². The summed E-state index contributed by atoms with van der Waals surface area (Å²) in [5, 5.41) is 3.17. The molecular weight excluding hydrogens is 468 g/mol. The Kier molecular flexibility index (Phi) is 7.74. The smallest absolute Gasteiger partial charge is 0.264 e. The molecule has 1 N–H and O–H groups in total. The van der Waals surface area contributed by atoms with Gasteiger partial charge in [-0.3, -0.25) is 9.10 Å². The zero-order valence-electron chi connectivity index (χ0n) is 20.2. The van der Waals surface area contributed by atoms with Crippen LogP contribution in [-0.4, -0.2) is 20.9 Å². The molecule has 0 aliphatic heterocycles. The minimum absolute atomic E-state index is 0.0325. The molecule has 0 unspecified atom stereocenters. The van der Waals surface area contributed by atoms with Crippen LogP contribution in [0.4, 0.5) is 5.69 Å². The molecule has 0 aliphatic rings. The second kappa shape index (κ2) is 10.2. The number of halogens is 1. The minimum atomic E-state index is -4.02. The molecule has 0 radical (unpaired) electrons. The van der Waals surface area contributed by atoms with Gasteiger partial charge in [0.2, 0.25) is 5.91 Å². The summed E-state index contributed by atoms with van der Waals surface area (Å²) in [6.45, 7) is 9.79. The highest BCUT2D eigenvalue weighted by Gasteiger charge is 2.29. The fraction of sp³-hybridized carbons (Fsp3) is 0.296. The van der Waals surface area contributed by atoms with Crippen LogP contribution in [0.15, 0.2) is 77.7 Å². The first-order valence-corrected chi connectivity index (χ1v) is 12.9. The first-order chi connectivity index (χ1) is 15.9. The Morgan fingerprint density at radius 3 is 2.12 bits per heavy atom. The van der Waals surface area contributed by atoms with Gasteiger partial charge < -0.3 is 5.32 Å². The average Bonchev–Trinajstić information content (AvgIpc) is 2.78.